The van der Waals surface area contributed by atoms with E-state index in [2.05, 4.69) is 52.8 Å². The van der Waals surface area contributed by atoms with Crippen LogP contribution >= 0.6 is 0 Å². The summed E-state index contributed by atoms with van der Waals surface area (Å²) in [6, 6.07) is 0. The fourth-order valence-corrected chi connectivity index (χ4v) is 1.56. The molecule has 0 aromatic carbocycles. The van der Waals surface area contributed by atoms with Crippen LogP contribution < -0.4 is 0 Å². The molecule has 0 heteroatoms. The van der Waals surface area contributed by atoms with Gasteiger partial charge in [0.2, 0.25) is 0 Å². The molecule has 0 atom stereocenters. The first kappa shape index (κ1) is 10.5. The molecule has 0 aromatic heterocycles. The topological polar surface area (TPSA) is 0 Å². The quantitative estimate of drug-likeness (QED) is 0.537. The Bertz CT molecular complexity index is 159. The van der Waals surface area contributed by atoms with Crippen molar-refractivity contribution in [2.24, 2.45) is 5.41 Å². The Kier molecular flexibility index (Phi) is 4.17. The van der Waals surface area contributed by atoms with E-state index in [-0.39, 0.29) is 5.41 Å². The first-order valence-corrected chi connectivity index (χ1v) is 4.38. The van der Waals surface area contributed by atoms with Gasteiger partial charge in [-0.25, -0.2) is 0 Å². The number of hydrogen-bond acceptors (Lipinski definition) is 0. The average Bonchev–Trinajstić information content (AvgIpc) is 1.89. The SMILES string of the molecule is CC=CC(C)(C)C(=CC)CC. The number of allylic oxidation sites excluding steroid dienone is 4. The van der Waals surface area contributed by atoms with Crippen LogP contribution in [0, 0.1) is 5.41 Å². The summed E-state index contributed by atoms with van der Waals surface area (Å²) in [6.45, 7) is 10.9. The van der Waals surface area contributed by atoms with Crippen molar-refractivity contribution in [1.29, 1.82) is 0 Å². The Morgan fingerprint density at radius 2 is 1.82 bits per heavy atom. The van der Waals surface area contributed by atoms with Crippen molar-refractivity contribution in [3.05, 3.63) is 23.8 Å². The third-order valence-electron chi connectivity index (χ3n) is 2.14. The zero-order valence-corrected chi connectivity index (χ0v) is 8.44. The van der Waals surface area contributed by atoms with Gasteiger partial charge in [0.25, 0.3) is 0 Å². The standard InChI is InChI=1S/C11H20/c1-6-9-11(4,5)10(7-2)8-3/h6-7,9H,8H2,1-5H3. The molecule has 11 heavy (non-hydrogen) atoms. The van der Waals surface area contributed by atoms with E-state index in [9.17, 15) is 0 Å². The van der Waals surface area contributed by atoms with Gasteiger partial charge in [-0.3, -0.25) is 0 Å². The van der Waals surface area contributed by atoms with E-state index in [1.54, 1.807) is 0 Å². The summed E-state index contributed by atoms with van der Waals surface area (Å²) >= 11 is 0. The molecule has 0 rings (SSSR count). The van der Waals surface area contributed by atoms with E-state index in [1.807, 2.05) is 0 Å². The van der Waals surface area contributed by atoms with Gasteiger partial charge in [-0.05, 0) is 20.3 Å². The summed E-state index contributed by atoms with van der Waals surface area (Å²) in [5, 5.41) is 0. The van der Waals surface area contributed by atoms with Crippen LogP contribution in [-0.2, 0) is 0 Å². The van der Waals surface area contributed by atoms with Crippen LogP contribution in [0.15, 0.2) is 23.8 Å². The second-order valence-electron chi connectivity index (χ2n) is 3.39. The molecule has 0 nitrogen and oxygen atoms in total. The van der Waals surface area contributed by atoms with Gasteiger partial charge in [0, 0.05) is 5.41 Å². The van der Waals surface area contributed by atoms with E-state index in [4.69, 9.17) is 0 Å². The van der Waals surface area contributed by atoms with Crippen molar-refractivity contribution >= 4 is 0 Å². The van der Waals surface area contributed by atoms with Crippen molar-refractivity contribution in [1.82, 2.24) is 0 Å². The van der Waals surface area contributed by atoms with Gasteiger partial charge in [-0.2, -0.15) is 0 Å². The number of hydrogen-bond donors (Lipinski definition) is 0. The second-order valence-corrected chi connectivity index (χ2v) is 3.39. The van der Waals surface area contributed by atoms with E-state index >= 15 is 0 Å². The minimum atomic E-state index is 0.248. The molecule has 0 aromatic rings. The maximum Gasteiger partial charge on any atom is 0.00339 e. The highest BCUT2D eigenvalue weighted by atomic mass is 14.2. The molecule has 64 valence electrons. The third kappa shape index (κ3) is 2.92. The molecular formula is C11H20. The zero-order valence-electron chi connectivity index (χ0n) is 8.44. The van der Waals surface area contributed by atoms with Gasteiger partial charge < -0.3 is 0 Å². The highest BCUT2D eigenvalue weighted by molar-refractivity contribution is 5.18. The zero-order chi connectivity index (χ0) is 8.91. The van der Waals surface area contributed by atoms with Crippen molar-refractivity contribution < 1.29 is 0 Å². The fourth-order valence-electron chi connectivity index (χ4n) is 1.56. The second kappa shape index (κ2) is 4.38. The summed E-state index contributed by atoms with van der Waals surface area (Å²) in [5.74, 6) is 0. The fraction of sp³-hybridized carbons (Fsp3) is 0.636. The van der Waals surface area contributed by atoms with Crippen molar-refractivity contribution in [3.8, 4) is 0 Å². The minimum Gasteiger partial charge on any atom is -0.0908 e. The maximum atomic E-state index is 2.26. The molecule has 0 saturated carbocycles. The van der Waals surface area contributed by atoms with Crippen LogP contribution in [0.4, 0.5) is 0 Å². The lowest BCUT2D eigenvalue weighted by molar-refractivity contribution is 0.557. The van der Waals surface area contributed by atoms with Crippen LogP contribution in [0.2, 0.25) is 0 Å². The van der Waals surface area contributed by atoms with Gasteiger partial charge in [0.1, 0.15) is 0 Å². The summed E-state index contributed by atoms with van der Waals surface area (Å²) in [4.78, 5) is 0. The van der Waals surface area contributed by atoms with Crippen LogP contribution in [0.1, 0.15) is 41.0 Å². The minimum absolute atomic E-state index is 0.248. The molecule has 0 unspecified atom stereocenters. The van der Waals surface area contributed by atoms with Gasteiger partial charge in [0.05, 0.1) is 0 Å². The van der Waals surface area contributed by atoms with Gasteiger partial charge in [-0.1, -0.05) is 44.6 Å². The lowest BCUT2D eigenvalue weighted by Crippen LogP contribution is -2.10. The molecule has 0 amide bonds. The summed E-state index contributed by atoms with van der Waals surface area (Å²) in [6.07, 6.45) is 7.75. The average molecular weight is 152 g/mol. The molecule has 0 N–H and O–H groups in total. The monoisotopic (exact) mass is 152 g/mol. The van der Waals surface area contributed by atoms with E-state index in [1.165, 1.54) is 5.57 Å². The molecule has 0 saturated heterocycles. The lowest BCUT2D eigenvalue weighted by atomic mass is 9.82. The molecule has 0 heterocycles. The molecule has 0 aliphatic rings. The van der Waals surface area contributed by atoms with Crippen LogP contribution in [-0.4, -0.2) is 0 Å². The Labute approximate surface area is 71.0 Å². The Morgan fingerprint density at radius 1 is 1.27 bits per heavy atom. The van der Waals surface area contributed by atoms with Crippen LogP contribution in [0.5, 0.6) is 0 Å². The third-order valence-corrected chi connectivity index (χ3v) is 2.14. The summed E-state index contributed by atoms with van der Waals surface area (Å²) in [7, 11) is 0. The molecule has 0 aliphatic carbocycles. The number of rotatable bonds is 3. The van der Waals surface area contributed by atoms with Gasteiger partial charge in [-0.15, -0.1) is 0 Å². The van der Waals surface area contributed by atoms with Gasteiger partial charge in [0.15, 0.2) is 0 Å². The van der Waals surface area contributed by atoms with Crippen LogP contribution in [0.3, 0.4) is 0 Å². The Morgan fingerprint density at radius 3 is 2.09 bits per heavy atom. The highest BCUT2D eigenvalue weighted by Gasteiger charge is 2.16. The summed E-state index contributed by atoms with van der Waals surface area (Å²) < 4.78 is 0. The maximum absolute atomic E-state index is 2.26. The van der Waals surface area contributed by atoms with Crippen molar-refractivity contribution in [3.63, 3.8) is 0 Å². The molecule has 0 spiro atoms. The van der Waals surface area contributed by atoms with Gasteiger partial charge >= 0.3 is 0 Å². The molecule has 0 bridgehead atoms. The Hall–Kier alpha value is -0.520. The smallest absolute Gasteiger partial charge is 0.00339 e. The predicted octanol–water partition coefficient (Wildman–Crippen LogP) is 3.95. The predicted molar refractivity (Wildman–Crippen MR) is 52.6 cm³/mol. The van der Waals surface area contributed by atoms with E-state index in [0.29, 0.717) is 0 Å². The van der Waals surface area contributed by atoms with Crippen LogP contribution in [0.25, 0.3) is 0 Å². The largest absolute Gasteiger partial charge is 0.0908 e. The van der Waals surface area contributed by atoms with E-state index in [0.717, 1.165) is 6.42 Å². The molecule has 0 fully saturated rings. The Balaban J connectivity index is 4.51. The van der Waals surface area contributed by atoms with E-state index < -0.39 is 0 Å². The molecular weight excluding hydrogens is 132 g/mol. The molecule has 0 aliphatic heterocycles. The normalized spacial score (nSPS) is 14.5. The highest BCUT2D eigenvalue weighted by Crippen LogP contribution is 2.29. The molecule has 0 radical (unpaired) electrons. The van der Waals surface area contributed by atoms with Crippen molar-refractivity contribution in [2.75, 3.05) is 0 Å². The summed E-state index contributed by atoms with van der Waals surface area (Å²) in [5.41, 5.74) is 1.76. The van der Waals surface area contributed by atoms with Crippen molar-refractivity contribution in [2.45, 2.75) is 41.0 Å². The lowest BCUT2D eigenvalue weighted by Gasteiger charge is -2.23. The first-order valence-electron chi connectivity index (χ1n) is 4.38. The first-order chi connectivity index (χ1) is 5.08.